The van der Waals surface area contributed by atoms with Crippen molar-refractivity contribution in [3.8, 4) is 11.1 Å². The monoisotopic (exact) mass is 428 g/mol. The van der Waals surface area contributed by atoms with Crippen LogP contribution in [0.4, 0.5) is 26.3 Å². The number of hydrogen-bond acceptors (Lipinski definition) is 2. The van der Waals surface area contributed by atoms with Gasteiger partial charge in [-0.25, -0.2) is 0 Å². The van der Waals surface area contributed by atoms with Gasteiger partial charge in [-0.15, -0.1) is 0 Å². The van der Waals surface area contributed by atoms with Crippen LogP contribution in [0.15, 0.2) is 42.6 Å². The van der Waals surface area contributed by atoms with Gasteiger partial charge in [0.2, 0.25) is 0 Å². The van der Waals surface area contributed by atoms with E-state index >= 15 is 0 Å². The molecule has 1 heterocycles. The van der Waals surface area contributed by atoms with Gasteiger partial charge in [0.05, 0.1) is 17.2 Å². The summed E-state index contributed by atoms with van der Waals surface area (Å²) in [5.74, 6) is -0.107. The van der Waals surface area contributed by atoms with Crippen molar-refractivity contribution in [1.82, 2.24) is 4.98 Å². The maximum atomic E-state index is 13.1. The zero-order valence-corrected chi connectivity index (χ0v) is 15.8. The van der Waals surface area contributed by atoms with Gasteiger partial charge in [0, 0.05) is 23.5 Å². The van der Waals surface area contributed by atoms with E-state index in [1.807, 2.05) is 0 Å². The Morgan fingerprint density at radius 1 is 0.967 bits per heavy atom. The smallest absolute Gasteiger partial charge is 0.361 e. The molecule has 0 aliphatic carbocycles. The topological polar surface area (TPSA) is 58.9 Å². The molecule has 30 heavy (non-hydrogen) atoms. The SMILES string of the molecule is CCC(=O)C(N)Cc1c[nH]c2cc(-c3cc(C(F)(F)F)cc(C(F)(F)F)c3)ccc12. The zero-order chi connectivity index (χ0) is 22.3. The van der Waals surface area contributed by atoms with Gasteiger partial charge in [-0.05, 0) is 47.4 Å². The van der Waals surface area contributed by atoms with Crippen LogP contribution in [0, 0.1) is 0 Å². The Labute approximate surface area is 167 Å². The second kappa shape index (κ2) is 7.79. The molecule has 0 amide bonds. The van der Waals surface area contributed by atoms with Crippen molar-refractivity contribution < 1.29 is 31.1 Å². The molecule has 3 nitrogen and oxygen atoms in total. The number of H-pyrrole nitrogens is 1. The number of carbonyl (C=O) groups is 1. The Morgan fingerprint density at radius 2 is 1.57 bits per heavy atom. The summed E-state index contributed by atoms with van der Waals surface area (Å²) < 4.78 is 78.7. The second-order valence-electron chi connectivity index (χ2n) is 7.00. The number of nitrogens with one attached hydrogen (secondary N) is 1. The quantitative estimate of drug-likeness (QED) is 0.511. The van der Waals surface area contributed by atoms with Crippen LogP contribution in [0.2, 0.25) is 0 Å². The highest BCUT2D eigenvalue weighted by atomic mass is 19.4. The average Bonchev–Trinajstić information content (AvgIpc) is 3.07. The molecule has 3 aromatic rings. The molecule has 160 valence electrons. The minimum atomic E-state index is -4.92. The standard InChI is InChI=1S/C21H18F6N2O/c1-2-19(30)17(28)7-13-10-29-18-8-11(3-4-16(13)18)12-5-14(20(22,23)24)9-15(6-12)21(25,26)27/h3-6,8-10,17,29H,2,7,28H2,1H3. The Kier molecular flexibility index (Phi) is 5.68. The van der Waals surface area contributed by atoms with Crippen molar-refractivity contribution in [2.45, 2.75) is 38.2 Å². The number of halogens is 6. The van der Waals surface area contributed by atoms with Crippen LogP contribution < -0.4 is 5.73 Å². The third-order valence-corrected chi connectivity index (χ3v) is 4.89. The van der Waals surface area contributed by atoms with Crippen LogP contribution in [0.3, 0.4) is 0 Å². The van der Waals surface area contributed by atoms with E-state index in [-0.39, 0.29) is 29.4 Å². The number of alkyl halides is 6. The number of ketones is 1. The van der Waals surface area contributed by atoms with Crippen LogP contribution in [0.5, 0.6) is 0 Å². The number of aromatic amines is 1. The molecule has 1 aromatic heterocycles. The van der Waals surface area contributed by atoms with Crippen molar-refractivity contribution in [3.05, 3.63) is 59.3 Å². The minimum absolute atomic E-state index is 0.0981. The summed E-state index contributed by atoms with van der Waals surface area (Å²) in [5, 5.41) is 0.695. The third kappa shape index (κ3) is 4.51. The van der Waals surface area contributed by atoms with E-state index in [0.29, 0.717) is 29.5 Å². The molecule has 9 heteroatoms. The number of Topliss-reactive ketones (excluding diaryl/α,β-unsaturated/α-hetero) is 1. The van der Waals surface area contributed by atoms with Crippen LogP contribution in [-0.4, -0.2) is 16.8 Å². The molecular weight excluding hydrogens is 410 g/mol. The van der Waals surface area contributed by atoms with Gasteiger partial charge >= 0.3 is 12.4 Å². The Balaban J connectivity index is 2.04. The Bertz CT molecular complexity index is 1050. The predicted octanol–water partition coefficient (Wildman–Crippen LogP) is 5.72. The van der Waals surface area contributed by atoms with E-state index in [2.05, 4.69) is 4.98 Å². The van der Waals surface area contributed by atoms with E-state index in [4.69, 9.17) is 5.73 Å². The second-order valence-corrected chi connectivity index (χ2v) is 7.00. The van der Waals surface area contributed by atoms with Gasteiger partial charge < -0.3 is 10.7 Å². The van der Waals surface area contributed by atoms with Gasteiger partial charge in [0.25, 0.3) is 0 Å². The van der Waals surface area contributed by atoms with Gasteiger partial charge in [-0.3, -0.25) is 4.79 Å². The van der Waals surface area contributed by atoms with Gasteiger partial charge in [0.15, 0.2) is 0 Å². The fourth-order valence-corrected chi connectivity index (χ4v) is 3.27. The molecule has 0 fully saturated rings. The number of carbonyl (C=O) groups excluding carboxylic acids is 1. The first-order valence-electron chi connectivity index (χ1n) is 9.08. The van der Waals surface area contributed by atoms with Gasteiger partial charge in [-0.1, -0.05) is 19.1 Å². The van der Waals surface area contributed by atoms with E-state index in [1.165, 1.54) is 12.1 Å². The van der Waals surface area contributed by atoms with Crippen LogP contribution in [0.1, 0.15) is 30.0 Å². The molecule has 3 rings (SSSR count). The molecule has 0 radical (unpaired) electrons. The van der Waals surface area contributed by atoms with E-state index < -0.39 is 29.5 Å². The normalized spacial score (nSPS) is 13.6. The maximum absolute atomic E-state index is 13.1. The van der Waals surface area contributed by atoms with Crippen molar-refractivity contribution in [2.24, 2.45) is 5.73 Å². The fourth-order valence-electron chi connectivity index (χ4n) is 3.27. The molecule has 0 aliphatic rings. The van der Waals surface area contributed by atoms with E-state index in [9.17, 15) is 31.1 Å². The molecule has 2 aromatic carbocycles. The summed E-state index contributed by atoms with van der Waals surface area (Å²) in [5.41, 5.74) is 4.38. The number of hydrogen-bond donors (Lipinski definition) is 2. The van der Waals surface area contributed by atoms with Crippen LogP contribution in [0.25, 0.3) is 22.0 Å². The lowest BCUT2D eigenvalue weighted by molar-refractivity contribution is -0.143. The lowest BCUT2D eigenvalue weighted by Gasteiger charge is -2.14. The molecule has 1 atom stereocenters. The highest BCUT2D eigenvalue weighted by molar-refractivity contribution is 5.89. The Hall–Kier alpha value is -2.81. The molecule has 3 N–H and O–H groups in total. The molecular formula is C21H18F6N2O. The third-order valence-electron chi connectivity index (χ3n) is 4.89. The zero-order valence-electron chi connectivity index (χ0n) is 15.8. The molecule has 0 spiro atoms. The van der Waals surface area contributed by atoms with Crippen LogP contribution >= 0.6 is 0 Å². The highest BCUT2D eigenvalue weighted by Gasteiger charge is 2.37. The summed E-state index contributed by atoms with van der Waals surface area (Å²) in [4.78, 5) is 14.7. The van der Waals surface area contributed by atoms with Gasteiger partial charge in [-0.2, -0.15) is 26.3 Å². The lowest BCUT2D eigenvalue weighted by Crippen LogP contribution is -2.31. The summed E-state index contributed by atoms with van der Waals surface area (Å²) in [6.07, 6.45) is -7.63. The number of rotatable bonds is 5. The number of fused-ring (bicyclic) bond motifs is 1. The Morgan fingerprint density at radius 3 is 2.10 bits per heavy atom. The summed E-state index contributed by atoms with van der Waals surface area (Å²) in [6.45, 7) is 1.70. The fraction of sp³-hybridized carbons (Fsp3) is 0.286. The highest BCUT2D eigenvalue weighted by Crippen LogP contribution is 2.39. The minimum Gasteiger partial charge on any atom is -0.361 e. The molecule has 0 saturated heterocycles. The molecule has 0 bridgehead atoms. The lowest BCUT2D eigenvalue weighted by atomic mass is 9.97. The van der Waals surface area contributed by atoms with E-state index in [0.717, 1.165) is 5.56 Å². The summed E-state index contributed by atoms with van der Waals surface area (Å²) >= 11 is 0. The molecule has 0 aliphatic heterocycles. The van der Waals surface area contributed by atoms with Crippen molar-refractivity contribution in [2.75, 3.05) is 0 Å². The predicted molar refractivity (Wildman–Crippen MR) is 101 cm³/mol. The maximum Gasteiger partial charge on any atom is 0.416 e. The number of benzene rings is 2. The first-order chi connectivity index (χ1) is 13.9. The molecule has 0 saturated carbocycles. The first kappa shape index (κ1) is 21.9. The average molecular weight is 428 g/mol. The largest absolute Gasteiger partial charge is 0.416 e. The van der Waals surface area contributed by atoms with Crippen LogP contribution in [-0.2, 0) is 23.6 Å². The first-order valence-corrected chi connectivity index (χ1v) is 9.08. The number of aromatic nitrogens is 1. The summed E-state index contributed by atoms with van der Waals surface area (Å²) in [7, 11) is 0. The van der Waals surface area contributed by atoms with E-state index in [1.54, 1.807) is 19.2 Å². The van der Waals surface area contributed by atoms with Crippen molar-refractivity contribution in [3.63, 3.8) is 0 Å². The van der Waals surface area contributed by atoms with Crippen molar-refractivity contribution >= 4 is 16.7 Å². The summed E-state index contributed by atoms with van der Waals surface area (Å²) in [6, 6.07) is 5.30. The van der Waals surface area contributed by atoms with Crippen molar-refractivity contribution in [1.29, 1.82) is 0 Å². The molecule has 1 unspecified atom stereocenters. The number of nitrogens with two attached hydrogens (primary N) is 1. The van der Waals surface area contributed by atoms with Gasteiger partial charge in [0.1, 0.15) is 5.78 Å².